The Morgan fingerprint density at radius 2 is 1.63 bits per heavy atom. The highest BCUT2D eigenvalue weighted by atomic mass is 15.2. The largest absolute Gasteiger partial charge is 0.356 e. The highest BCUT2D eigenvalue weighted by molar-refractivity contribution is 5.79. The lowest BCUT2D eigenvalue weighted by Crippen LogP contribution is -2.48. The molecule has 4 heteroatoms. The maximum atomic E-state index is 4.40. The SMILES string of the molecule is CN=C(NCc1ccc(CN(C)C)cc1)NCC1(c2ccccc2)CCC1. The Morgan fingerprint density at radius 1 is 0.963 bits per heavy atom. The Bertz CT molecular complexity index is 731. The van der Waals surface area contributed by atoms with Crippen molar-refractivity contribution in [2.24, 2.45) is 4.99 Å². The zero-order valence-electron chi connectivity index (χ0n) is 16.8. The van der Waals surface area contributed by atoms with Crippen molar-refractivity contribution < 1.29 is 0 Å². The van der Waals surface area contributed by atoms with Gasteiger partial charge in [0.25, 0.3) is 0 Å². The molecular weight excluding hydrogens is 332 g/mol. The zero-order chi connectivity index (χ0) is 19.1. The van der Waals surface area contributed by atoms with Crippen LogP contribution in [0.4, 0.5) is 0 Å². The summed E-state index contributed by atoms with van der Waals surface area (Å²) in [4.78, 5) is 6.59. The molecule has 1 aliphatic carbocycles. The van der Waals surface area contributed by atoms with Gasteiger partial charge in [0.2, 0.25) is 0 Å². The van der Waals surface area contributed by atoms with E-state index in [4.69, 9.17) is 0 Å². The van der Waals surface area contributed by atoms with Crippen molar-refractivity contribution in [3.63, 3.8) is 0 Å². The van der Waals surface area contributed by atoms with Crippen LogP contribution in [0.5, 0.6) is 0 Å². The Morgan fingerprint density at radius 3 is 2.19 bits per heavy atom. The van der Waals surface area contributed by atoms with Crippen LogP contribution < -0.4 is 10.6 Å². The first-order valence-corrected chi connectivity index (χ1v) is 9.84. The molecule has 0 aromatic heterocycles. The van der Waals surface area contributed by atoms with Crippen molar-refractivity contribution in [2.75, 3.05) is 27.7 Å². The Balaban J connectivity index is 1.52. The maximum absolute atomic E-state index is 4.40. The van der Waals surface area contributed by atoms with E-state index in [0.717, 1.165) is 25.6 Å². The van der Waals surface area contributed by atoms with Gasteiger partial charge in [0.1, 0.15) is 0 Å². The summed E-state index contributed by atoms with van der Waals surface area (Å²) < 4.78 is 0. The molecule has 0 radical (unpaired) electrons. The number of hydrogen-bond donors (Lipinski definition) is 2. The van der Waals surface area contributed by atoms with Crippen LogP contribution in [-0.2, 0) is 18.5 Å². The summed E-state index contributed by atoms with van der Waals surface area (Å²) in [5, 5.41) is 7.00. The topological polar surface area (TPSA) is 39.7 Å². The van der Waals surface area contributed by atoms with Crippen LogP contribution >= 0.6 is 0 Å². The van der Waals surface area contributed by atoms with Gasteiger partial charge in [0.15, 0.2) is 5.96 Å². The highest BCUT2D eigenvalue weighted by Gasteiger charge is 2.38. The maximum Gasteiger partial charge on any atom is 0.191 e. The number of rotatable bonds is 7. The molecule has 0 saturated heterocycles. The van der Waals surface area contributed by atoms with Crippen molar-refractivity contribution >= 4 is 5.96 Å². The molecule has 0 unspecified atom stereocenters. The second kappa shape index (κ2) is 9.05. The molecule has 2 N–H and O–H groups in total. The van der Waals surface area contributed by atoms with E-state index in [2.05, 4.69) is 89.2 Å². The monoisotopic (exact) mass is 364 g/mol. The zero-order valence-corrected chi connectivity index (χ0v) is 16.8. The predicted octanol–water partition coefficient (Wildman–Crippen LogP) is 3.54. The number of guanidine groups is 1. The van der Waals surface area contributed by atoms with Gasteiger partial charge in [-0.1, -0.05) is 61.0 Å². The number of hydrogen-bond acceptors (Lipinski definition) is 2. The van der Waals surface area contributed by atoms with Crippen molar-refractivity contribution in [3.05, 3.63) is 71.3 Å². The van der Waals surface area contributed by atoms with Gasteiger partial charge in [-0.05, 0) is 43.6 Å². The second-order valence-corrected chi connectivity index (χ2v) is 7.83. The number of benzene rings is 2. The average Bonchev–Trinajstić information content (AvgIpc) is 2.65. The van der Waals surface area contributed by atoms with Crippen LogP contribution in [0.1, 0.15) is 36.0 Å². The second-order valence-electron chi connectivity index (χ2n) is 7.83. The third kappa shape index (κ3) is 5.10. The summed E-state index contributed by atoms with van der Waals surface area (Å²) in [5.41, 5.74) is 4.30. The van der Waals surface area contributed by atoms with Gasteiger partial charge >= 0.3 is 0 Å². The lowest BCUT2D eigenvalue weighted by atomic mass is 9.64. The molecule has 3 rings (SSSR count). The molecular formula is C23H32N4. The minimum absolute atomic E-state index is 0.257. The van der Waals surface area contributed by atoms with Crippen LogP contribution in [0.25, 0.3) is 0 Å². The first-order chi connectivity index (χ1) is 13.1. The van der Waals surface area contributed by atoms with Gasteiger partial charge in [-0.15, -0.1) is 0 Å². The molecule has 0 bridgehead atoms. The summed E-state index contributed by atoms with van der Waals surface area (Å²) in [6, 6.07) is 19.7. The van der Waals surface area contributed by atoms with E-state index in [9.17, 15) is 0 Å². The fraction of sp³-hybridized carbons (Fsp3) is 0.435. The minimum atomic E-state index is 0.257. The first kappa shape index (κ1) is 19.4. The highest BCUT2D eigenvalue weighted by Crippen LogP contribution is 2.43. The fourth-order valence-corrected chi connectivity index (χ4v) is 3.75. The molecule has 0 spiro atoms. The van der Waals surface area contributed by atoms with E-state index < -0.39 is 0 Å². The molecule has 1 aliphatic rings. The summed E-state index contributed by atoms with van der Waals surface area (Å²) in [5.74, 6) is 0.870. The predicted molar refractivity (Wildman–Crippen MR) is 114 cm³/mol. The van der Waals surface area contributed by atoms with Crippen LogP contribution in [0.3, 0.4) is 0 Å². The summed E-state index contributed by atoms with van der Waals surface area (Å²) >= 11 is 0. The minimum Gasteiger partial charge on any atom is -0.356 e. The van der Waals surface area contributed by atoms with E-state index in [1.165, 1.54) is 36.0 Å². The van der Waals surface area contributed by atoms with Crippen LogP contribution in [-0.4, -0.2) is 38.5 Å². The van der Waals surface area contributed by atoms with Crippen LogP contribution in [0.15, 0.2) is 59.6 Å². The van der Waals surface area contributed by atoms with Gasteiger partial charge in [-0.3, -0.25) is 4.99 Å². The molecule has 4 nitrogen and oxygen atoms in total. The van der Waals surface area contributed by atoms with Crippen LogP contribution in [0, 0.1) is 0 Å². The molecule has 0 atom stereocenters. The standard InChI is InChI=1S/C23H32N4/c1-24-22(25-16-19-10-12-20(13-11-19)17-27(2)3)26-18-23(14-7-15-23)21-8-5-4-6-9-21/h4-6,8-13H,7,14-18H2,1-3H3,(H2,24,25,26). The molecule has 2 aromatic rings. The van der Waals surface area contributed by atoms with Gasteiger partial charge in [0.05, 0.1) is 0 Å². The molecule has 1 fully saturated rings. The Labute approximate surface area is 163 Å². The molecule has 0 amide bonds. The van der Waals surface area contributed by atoms with Crippen LogP contribution in [0.2, 0.25) is 0 Å². The van der Waals surface area contributed by atoms with Crippen molar-refractivity contribution in [1.29, 1.82) is 0 Å². The number of aliphatic imine (C=N–C) groups is 1. The molecule has 1 saturated carbocycles. The van der Waals surface area contributed by atoms with Crippen molar-refractivity contribution in [3.8, 4) is 0 Å². The molecule has 0 heterocycles. The third-order valence-electron chi connectivity index (χ3n) is 5.50. The summed E-state index contributed by atoms with van der Waals surface area (Å²) in [7, 11) is 6.02. The smallest absolute Gasteiger partial charge is 0.191 e. The molecule has 144 valence electrons. The summed E-state index contributed by atoms with van der Waals surface area (Å²) in [6.45, 7) is 2.68. The third-order valence-corrected chi connectivity index (χ3v) is 5.50. The van der Waals surface area contributed by atoms with Gasteiger partial charge in [-0.2, -0.15) is 0 Å². The molecule has 0 aliphatic heterocycles. The van der Waals surface area contributed by atoms with E-state index in [-0.39, 0.29) is 5.41 Å². The quantitative estimate of drug-likeness (QED) is 0.583. The van der Waals surface area contributed by atoms with Crippen molar-refractivity contribution in [1.82, 2.24) is 15.5 Å². The first-order valence-electron chi connectivity index (χ1n) is 9.84. The number of nitrogens with zero attached hydrogens (tertiary/aromatic N) is 2. The Hall–Kier alpha value is -2.33. The van der Waals surface area contributed by atoms with Gasteiger partial charge in [-0.25, -0.2) is 0 Å². The van der Waals surface area contributed by atoms with E-state index >= 15 is 0 Å². The number of nitrogens with one attached hydrogen (secondary N) is 2. The molecule has 27 heavy (non-hydrogen) atoms. The lowest BCUT2D eigenvalue weighted by Gasteiger charge is -2.43. The van der Waals surface area contributed by atoms with E-state index in [1.807, 2.05) is 7.05 Å². The van der Waals surface area contributed by atoms with Gasteiger partial charge < -0.3 is 15.5 Å². The van der Waals surface area contributed by atoms with E-state index in [0.29, 0.717) is 0 Å². The Kier molecular flexibility index (Phi) is 6.51. The molecule has 2 aromatic carbocycles. The average molecular weight is 365 g/mol. The van der Waals surface area contributed by atoms with Crippen molar-refractivity contribution in [2.45, 2.75) is 37.8 Å². The van der Waals surface area contributed by atoms with Gasteiger partial charge in [0, 0.05) is 32.1 Å². The summed E-state index contributed by atoms with van der Waals surface area (Å²) in [6.07, 6.45) is 3.80. The normalized spacial score (nSPS) is 16.1. The lowest BCUT2D eigenvalue weighted by molar-refractivity contribution is 0.244. The van der Waals surface area contributed by atoms with E-state index in [1.54, 1.807) is 0 Å². The fourth-order valence-electron chi connectivity index (χ4n) is 3.75.